The number of likely N-dealkylation sites (tertiary alicyclic amines) is 1. The molecule has 26 heteroatoms. The number of aromatic nitrogens is 8. The Morgan fingerprint density at radius 3 is 1.15 bits per heavy atom. The van der Waals surface area contributed by atoms with Crippen molar-refractivity contribution in [2.24, 2.45) is 32.5 Å². The number of ether oxygens (including phenoxy) is 6. The molecule has 4 aromatic heterocycles. The molecule has 4 fully saturated rings. The van der Waals surface area contributed by atoms with Crippen molar-refractivity contribution in [1.82, 2.24) is 49.3 Å². The maximum atomic E-state index is 13.5. The standard InChI is InChI=1S/C29H41N3O5.C24H33N3O3.C18H22N2O.C17H20N2O2.C14H22O4.C8H14O/c1-27(2,3)36-25(33)24-20-17-29(7,8)15-13-21(20)30-32(24)22-11-9-10-12-23(22)35-19-14-16-31(18-19)26(34)37-28(4,5)6;1-23(2,3)30-22(28)21-17-14-24(4,5)12-10-18(17)26-27(21)19-8-6-7-9-20(19)29-16-11-13-25-15-16;1-12-7-5-6-8-16(12)20-17(13(2)21)14-11-18(3,4)10-9-15(14)19-20;1-11(20)16-12-10-17(2,3)9-8-13(12)18-19(16)14-6-4-5-7-15(14)21;1-13(2,3)18-12(17)11(16)9-8-14(4,5)7-6-10(9)15;1-8(2)5-3-7(9)4-6-8/h9-12,19H,13-18H2,1-8H3;6-9,16,25H,10-15H2,1-5H3;5-8H,9-11H2,1-4H3;4-7,21H,8-10H2,1-3H3;16H,6-8H2,1-5H3;3-6H2,1-2H3/b;;;;11-9-;/t19-;16-;;;;/m00..../s1. The van der Waals surface area contributed by atoms with E-state index in [4.69, 9.17) is 43.7 Å². The molecule has 2 atom stereocenters. The average molecular weight is 1870 g/mol. The number of aliphatic hydroxyl groups is 1. The normalized spacial score (nSPS) is 19.7. The van der Waals surface area contributed by atoms with E-state index in [0.29, 0.717) is 77.8 Å². The number of para-hydroxylation sites is 7. The molecule has 0 bridgehead atoms. The van der Waals surface area contributed by atoms with Gasteiger partial charge in [0, 0.05) is 80.4 Å². The van der Waals surface area contributed by atoms with E-state index in [1.807, 2.05) is 154 Å². The van der Waals surface area contributed by atoms with E-state index in [9.17, 15) is 48.6 Å². The van der Waals surface area contributed by atoms with E-state index in [1.54, 1.807) is 71.8 Å². The Kier molecular flexibility index (Phi) is 32.4. The Bertz CT molecular complexity index is 5610. The second kappa shape index (κ2) is 41.7. The largest absolute Gasteiger partial charge is 0.506 e. The summed E-state index contributed by atoms with van der Waals surface area (Å²) in [5.74, 6) is -0.165. The van der Waals surface area contributed by atoms with Crippen molar-refractivity contribution < 1.29 is 77.0 Å². The summed E-state index contributed by atoms with van der Waals surface area (Å²) in [6.07, 6.45) is 17.7. The molecule has 26 nitrogen and oxygen atoms in total. The summed E-state index contributed by atoms with van der Waals surface area (Å²) in [6.45, 7) is 56.5. The Morgan fingerprint density at radius 1 is 0.412 bits per heavy atom. The number of phenolic OH excluding ortho intramolecular Hbond substituents is 1. The summed E-state index contributed by atoms with van der Waals surface area (Å²) >= 11 is 0. The zero-order valence-electron chi connectivity index (χ0n) is 86.2. The minimum absolute atomic E-state index is 0.00953. The highest BCUT2D eigenvalue weighted by atomic mass is 16.6. The van der Waals surface area contributed by atoms with Crippen molar-refractivity contribution >= 4 is 47.1 Å². The number of fused-ring (bicyclic) bond motifs is 4. The third kappa shape index (κ3) is 27.9. The second-order valence-electron chi connectivity index (χ2n) is 46.9. The van der Waals surface area contributed by atoms with Gasteiger partial charge in [0.1, 0.15) is 86.1 Å². The number of carbonyl (C=O) groups is 8. The van der Waals surface area contributed by atoms with Crippen molar-refractivity contribution in [2.45, 2.75) is 356 Å². The number of esters is 3. The molecular formula is C110H152N10O16. The van der Waals surface area contributed by atoms with E-state index in [1.165, 1.54) is 0 Å². The molecule has 16 rings (SSSR count). The van der Waals surface area contributed by atoms with Gasteiger partial charge in [-0.1, -0.05) is 138 Å². The first-order chi connectivity index (χ1) is 63.1. The van der Waals surface area contributed by atoms with Crippen molar-refractivity contribution in [1.29, 1.82) is 0 Å². The fourth-order valence-corrected chi connectivity index (χ4v) is 18.6. The highest BCUT2D eigenvalue weighted by Crippen LogP contribution is 2.45. The fourth-order valence-electron chi connectivity index (χ4n) is 18.6. The van der Waals surface area contributed by atoms with Gasteiger partial charge in [-0.05, 0) is 286 Å². The van der Waals surface area contributed by atoms with E-state index in [0.717, 1.165) is 202 Å². The van der Waals surface area contributed by atoms with Gasteiger partial charge in [-0.3, -0.25) is 19.2 Å². The summed E-state index contributed by atoms with van der Waals surface area (Å²) in [5.41, 5.74) is 13.5. The number of nitrogens with zero attached hydrogens (tertiary/aromatic N) is 9. The van der Waals surface area contributed by atoms with Gasteiger partial charge in [0.05, 0.1) is 35.0 Å². The molecule has 2 aliphatic heterocycles. The Hall–Kier alpha value is -11.0. The number of rotatable bonds is 13. The molecule has 1 amide bonds. The first-order valence-corrected chi connectivity index (χ1v) is 48.8. The smallest absolute Gasteiger partial charge is 0.410 e. The molecule has 0 radical (unpaired) electrons. The number of phenols is 1. The lowest BCUT2D eigenvalue weighted by Crippen LogP contribution is -2.36. The molecule has 2 saturated heterocycles. The molecule has 6 heterocycles. The minimum Gasteiger partial charge on any atom is -0.506 e. The van der Waals surface area contributed by atoms with E-state index >= 15 is 0 Å². The number of aryl methyl sites for hydroxylation is 5. The van der Waals surface area contributed by atoms with Gasteiger partial charge in [0.2, 0.25) is 5.76 Å². The Labute approximate surface area is 805 Å². The van der Waals surface area contributed by atoms with Gasteiger partial charge >= 0.3 is 24.0 Å². The number of aromatic hydroxyl groups is 1. The van der Waals surface area contributed by atoms with Crippen LogP contribution in [0.5, 0.6) is 17.2 Å². The number of carbonyl (C=O) groups excluding carboxylic acids is 8. The zero-order valence-corrected chi connectivity index (χ0v) is 86.2. The van der Waals surface area contributed by atoms with Crippen LogP contribution < -0.4 is 14.8 Å². The van der Waals surface area contributed by atoms with Gasteiger partial charge < -0.3 is 48.9 Å². The number of Topliss-reactive ketones (excluding diaryl/α,β-unsaturated/α-hetero) is 4. The maximum Gasteiger partial charge on any atom is 0.410 e. The number of amides is 1. The van der Waals surface area contributed by atoms with Crippen LogP contribution in [0.3, 0.4) is 0 Å². The maximum absolute atomic E-state index is 13.5. The molecule has 2 saturated carbocycles. The lowest BCUT2D eigenvalue weighted by Gasteiger charge is -2.30. The number of ketones is 4. The minimum atomic E-state index is -0.816. The lowest BCUT2D eigenvalue weighted by molar-refractivity contribution is -0.153. The van der Waals surface area contributed by atoms with Gasteiger partial charge in [-0.2, -0.15) is 20.4 Å². The van der Waals surface area contributed by atoms with Gasteiger partial charge in [-0.15, -0.1) is 0 Å². The first-order valence-electron chi connectivity index (χ1n) is 48.8. The number of benzene rings is 4. The Balaban J connectivity index is 0.000000163. The highest BCUT2D eigenvalue weighted by Gasteiger charge is 2.43. The summed E-state index contributed by atoms with van der Waals surface area (Å²) in [6, 6.07) is 30.5. The first kappa shape index (κ1) is 105. The van der Waals surface area contributed by atoms with Crippen LogP contribution in [0.15, 0.2) is 108 Å². The van der Waals surface area contributed by atoms with Crippen LogP contribution in [0.1, 0.15) is 356 Å². The third-order valence-corrected chi connectivity index (χ3v) is 26.0. The fraction of sp³-hybridized carbons (Fsp3) is 0.582. The molecule has 0 spiro atoms. The van der Waals surface area contributed by atoms with Crippen molar-refractivity contribution in [3.8, 4) is 40.0 Å². The SMILES string of the molecule is CC(=O)c1c2c(nn1-c1ccccc1C)CCC(C)(C)C2.CC(=O)c1c2c(nn1-c1ccccc1O)CCC(C)(C)C2.CC1(C)CCC(=O)/C(=C(\O)C(=O)OC(C)(C)C)C1.CC1(C)CCC(=O)CC1.CC1(C)CCc2nn(-c3ccccc3O[C@H]3CCN(C(=O)OC(C)(C)C)C3)c(C(=O)OC(C)(C)C)c2C1.CC1(C)CCc2nn(-c3ccccc3O[C@H]3CCNC3)c(C(=O)OC(C)(C)C)c2C1. The van der Waals surface area contributed by atoms with Gasteiger partial charge in [0.15, 0.2) is 28.7 Å². The highest BCUT2D eigenvalue weighted by molar-refractivity contribution is 6.03. The molecular weight excluding hydrogens is 1720 g/mol. The zero-order chi connectivity index (χ0) is 100. The molecule has 136 heavy (non-hydrogen) atoms. The Morgan fingerprint density at radius 2 is 0.765 bits per heavy atom. The van der Waals surface area contributed by atoms with E-state index < -0.39 is 34.1 Å². The summed E-state index contributed by atoms with van der Waals surface area (Å²) in [5, 5.41) is 42.5. The molecule has 8 aliphatic rings. The lowest BCUT2D eigenvalue weighted by atomic mass is 9.74. The molecule has 4 aromatic carbocycles. The van der Waals surface area contributed by atoms with Crippen LogP contribution in [0.2, 0.25) is 0 Å². The van der Waals surface area contributed by atoms with Crippen molar-refractivity contribution in [3.63, 3.8) is 0 Å². The number of allylic oxidation sites excluding steroid dienone is 1. The topological polar surface area (TPSA) is 319 Å². The third-order valence-electron chi connectivity index (χ3n) is 26.0. The molecule has 8 aromatic rings. The average Bonchev–Trinajstić information content (AvgIpc) is 1.59. The van der Waals surface area contributed by atoms with Gasteiger partial charge in [0.25, 0.3) is 0 Å². The number of aliphatic hydroxyl groups excluding tert-OH is 1. The van der Waals surface area contributed by atoms with Crippen LogP contribution in [0, 0.1) is 39.4 Å². The number of nitrogens with one attached hydrogen (secondary N) is 1. The summed E-state index contributed by atoms with van der Waals surface area (Å²) < 4.78 is 41.9. The summed E-state index contributed by atoms with van der Waals surface area (Å²) in [4.78, 5) is 99.7. The molecule has 3 N–H and O–H groups in total. The van der Waals surface area contributed by atoms with Crippen LogP contribution in [0.25, 0.3) is 22.7 Å². The number of hydrogen-bond donors (Lipinski definition) is 3. The van der Waals surface area contributed by atoms with Gasteiger partial charge in [-0.25, -0.2) is 37.9 Å². The van der Waals surface area contributed by atoms with E-state index in [2.05, 4.69) is 92.6 Å². The predicted molar refractivity (Wildman–Crippen MR) is 528 cm³/mol. The van der Waals surface area contributed by atoms with Crippen LogP contribution >= 0.6 is 0 Å². The van der Waals surface area contributed by atoms with Crippen molar-refractivity contribution in [2.75, 3.05) is 26.2 Å². The van der Waals surface area contributed by atoms with Crippen LogP contribution in [0.4, 0.5) is 4.79 Å². The quantitative estimate of drug-likeness (QED) is 0.0317. The van der Waals surface area contributed by atoms with E-state index in [-0.39, 0.29) is 86.0 Å². The number of hydrogen-bond acceptors (Lipinski definition) is 21. The molecule has 0 unspecified atom stereocenters. The molecule has 738 valence electrons. The van der Waals surface area contributed by atoms with Crippen LogP contribution in [-0.2, 0) is 84.7 Å². The predicted octanol–water partition coefficient (Wildman–Crippen LogP) is 22.1. The van der Waals surface area contributed by atoms with Crippen LogP contribution in [-0.4, -0.2) is 162 Å². The summed E-state index contributed by atoms with van der Waals surface area (Å²) in [7, 11) is 0. The second-order valence-corrected chi connectivity index (χ2v) is 46.9. The monoisotopic (exact) mass is 1870 g/mol. The molecule has 6 aliphatic carbocycles. The van der Waals surface area contributed by atoms with Crippen molar-refractivity contribution in [3.05, 3.63) is 182 Å².